The molecular formula is C13H18BrN3O2. The maximum absolute atomic E-state index is 12.2. The van der Waals surface area contributed by atoms with Crippen molar-refractivity contribution in [1.82, 2.24) is 14.8 Å². The molecule has 0 bridgehead atoms. The summed E-state index contributed by atoms with van der Waals surface area (Å²) >= 11 is 3.31. The highest BCUT2D eigenvalue weighted by Crippen LogP contribution is 2.15. The first-order valence-corrected chi connectivity index (χ1v) is 7.18. The molecule has 0 radical (unpaired) electrons. The fraction of sp³-hybridized carbons (Fsp3) is 0.538. The number of hydrogen-bond acceptors (Lipinski definition) is 3. The van der Waals surface area contributed by atoms with E-state index in [1.807, 2.05) is 11.9 Å². The van der Waals surface area contributed by atoms with E-state index in [-0.39, 0.29) is 18.0 Å². The highest BCUT2D eigenvalue weighted by atomic mass is 79.9. The number of aromatic nitrogens is 1. The van der Waals surface area contributed by atoms with Crippen molar-refractivity contribution in [3.63, 3.8) is 0 Å². The number of nitrogens with one attached hydrogen (secondary N) is 1. The number of carbonyl (C=O) groups excluding carboxylic acids is 1. The summed E-state index contributed by atoms with van der Waals surface area (Å²) in [6.07, 6.45) is 2.68. The summed E-state index contributed by atoms with van der Waals surface area (Å²) in [6.45, 7) is 2.61. The van der Waals surface area contributed by atoms with Crippen molar-refractivity contribution in [1.29, 1.82) is 0 Å². The van der Waals surface area contributed by atoms with Crippen LogP contribution in [-0.2, 0) is 11.3 Å². The van der Waals surface area contributed by atoms with E-state index in [9.17, 15) is 9.59 Å². The van der Waals surface area contributed by atoms with Gasteiger partial charge in [0.05, 0.1) is 0 Å². The zero-order chi connectivity index (χ0) is 13.8. The van der Waals surface area contributed by atoms with Crippen LogP contribution < -0.4 is 10.9 Å². The summed E-state index contributed by atoms with van der Waals surface area (Å²) in [5.74, 6) is 0.534. The van der Waals surface area contributed by atoms with Gasteiger partial charge in [0.25, 0.3) is 5.56 Å². The fourth-order valence-electron chi connectivity index (χ4n) is 2.39. The van der Waals surface area contributed by atoms with Gasteiger partial charge in [0.1, 0.15) is 6.54 Å². The highest BCUT2D eigenvalue weighted by Gasteiger charge is 2.25. The normalized spacial score (nSPS) is 18.8. The molecule has 0 aliphatic carbocycles. The molecule has 5 nitrogen and oxygen atoms in total. The summed E-state index contributed by atoms with van der Waals surface area (Å²) < 4.78 is 2.24. The van der Waals surface area contributed by atoms with Crippen molar-refractivity contribution in [2.24, 2.45) is 5.92 Å². The van der Waals surface area contributed by atoms with Gasteiger partial charge >= 0.3 is 0 Å². The minimum atomic E-state index is -0.150. The van der Waals surface area contributed by atoms with Crippen LogP contribution in [0.2, 0.25) is 0 Å². The van der Waals surface area contributed by atoms with Gasteiger partial charge in [-0.05, 0) is 47.9 Å². The van der Waals surface area contributed by atoms with E-state index in [2.05, 4.69) is 21.2 Å². The van der Waals surface area contributed by atoms with Crippen LogP contribution >= 0.6 is 15.9 Å². The van der Waals surface area contributed by atoms with Gasteiger partial charge in [-0.1, -0.05) is 0 Å². The molecule has 6 heteroatoms. The molecule has 1 unspecified atom stereocenters. The van der Waals surface area contributed by atoms with E-state index in [1.165, 1.54) is 10.6 Å². The number of pyridine rings is 1. The molecule has 1 aliphatic heterocycles. The smallest absolute Gasteiger partial charge is 0.251 e. The monoisotopic (exact) mass is 327 g/mol. The van der Waals surface area contributed by atoms with Crippen molar-refractivity contribution >= 4 is 21.8 Å². The number of carbonyl (C=O) groups is 1. The number of halogens is 1. The average molecular weight is 328 g/mol. The summed E-state index contributed by atoms with van der Waals surface area (Å²) in [4.78, 5) is 25.7. The van der Waals surface area contributed by atoms with Crippen molar-refractivity contribution in [2.45, 2.75) is 13.0 Å². The van der Waals surface area contributed by atoms with Gasteiger partial charge in [-0.15, -0.1) is 0 Å². The molecular weight excluding hydrogens is 310 g/mol. The molecule has 1 saturated heterocycles. The molecule has 19 heavy (non-hydrogen) atoms. The number of likely N-dealkylation sites (tertiary alicyclic amines) is 1. The van der Waals surface area contributed by atoms with E-state index >= 15 is 0 Å². The van der Waals surface area contributed by atoms with Crippen LogP contribution in [0.3, 0.4) is 0 Å². The van der Waals surface area contributed by atoms with Crippen LogP contribution in [-0.4, -0.2) is 42.1 Å². The van der Waals surface area contributed by atoms with Crippen LogP contribution in [0.15, 0.2) is 27.6 Å². The summed E-state index contributed by atoms with van der Waals surface area (Å²) in [5, 5.41) is 3.14. The number of hydrogen-bond donors (Lipinski definition) is 1. The minimum Gasteiger partial charge on any atom is -0.341 e. The van der Waals surface area contributed by atoms with Crippen molar-refractivity contribution in [3.8, 4) is 0 Å². The predicted octanol–water partition coefficient (Wildman–Crippen LogP) is 0.679. The molecule has 2 rings (SSSR count). The first-order valence-electron chi connectivity index (χ1n) is 6.38. The second-order valence-corrected chi connectivity index (χ2v) is 5.78. The van der Waals surface area contributed by atoms with E-state index < -0.39 is 0 Å². The highest BCUT2D eigenvalue weighted by molar-refractivity contribution is 9.10. The van der Waals surface area contributed by atoms with Gasteiger partial charge in [0, 0.05) is 29.8 Å². The Hall–Kier alpha value is -1.14. The lowest BCUT2D eigenvalue weighted by atomic mass is 10.1. The third-order valence-corrected chi connectivity index (χ3v) is 3.85. The van der Waals surface area contributed by atoms with Gasteiger partial charge in [0.15, 0.2) is 0 Å². The van der Waals surface area contributed by atoms with Crippen molar-refractivity contribution in [2.75, 3.05) is 26.7 Å². The Bertz CT molecular complexity index is 515. The third kappa shape index (κ3) is 3.67. The van der Waals surface area contributed by atoms with E-state index in [0.29, 0.717) is 5.92 Å². The molecule has 0 aromatic carbocycles. The van der Waals surface area contributed by atoms with E-state index in [4.69, 9.17) is 0 Å². The topological polar surface area (TPSA) is 54.3 Å². The molecule has 1 atom stereocenters. The Balaban J connectivity index is 1.98. The lowest BCUT2D eigenvalue weighted by Crippen LogP contribution is -2.35. The van der Waals surface area contributed by atoms with E-state index in [0.717, 1.165) is 30.5 Å². The second-order valence-electron chi connectivity index (χ2n) is 4.87. The molecule has 104 valence electrons. The lowest BCUT2D eigenvalue weighted by Gasteiger charge is -2.17. The molecule has 0 spiro atoms. The molecule has 1 amide bonds. The standard InChI is InChI=1S/C13H18BrN3O2/c1-15-6-10-4-5-16(7-10)13(19)9-17-8-11(14)2-3-12(17)18/h2-3,8,10,15H,4-7,9H2,1H3. The van der Waals surface area contributed by atoms with Crippen LogP contribution in [0.4, 0.5) is 0 Å². The SMILES string of the molecule is CNCC1CCN(C(=O)Cn2cc(Br)ccc2=O)C1. The zero-order valence-corrected chi connectivity index (χ0v) is 12.5. The predicted molar refractivity (Wildman–Crippen MR) is 77.0 cm³/mol. The Morgan fingerprint density at radius 3 is 3.05 bits per heavy atom. The zero-order valence-electron chi connectivity index (χ0n) is 10.9. The fourth-order valence-corrected chi connectivity index (χ4v) is 2.77. The average Bonchev–Trinajstić information content (AvgIpc) is 2.83. The molecule has 0 saturated carbocycles. The Morgan fingerprint density at radius 2 is 2.32 bits per heavy atom. The van der Waals surface area contributed by atoms with Crippen LogP contribution in [0.1, 0.15) is 6.42 Å². The summed E-state index contributed by atoms with van der Waals surface area (Å²) in [6, 6.07) is 3.15. The third-order valence-electron chi connectivity index (χ3n) is 3.38. The van der Waals surface area contributed by atoms with Crippen LogP contribution in [0, 0.1) is 5.92 Å². The number of nitrogens with zero attached hydrogens (tertiary/aromatic N) is 2. The Labute approximate surface area is 120 Å². The van der Waals surface area contributed by atoms with Gasteiger partial charge in [-0.2, -0.15) is 0 Å². The minimum absolute atomic E-state index is 0.0128. The second kappa shape index (κ2) is 6.34. The molecule has 1 aromatic rings. The van der Waals surface area contributed by atoms with Crippen molar-refractivity contribution in [3.05, 3.63) is 33.2 Å². The Kier molecular flexibility index (Phi) is 4.76. The summed E-state index contributed by atoms with van der Waals surface area (Å²) in [5.41, 5.74) is -0.150. The molecule has 1 aliphatic rings. The lowest BCUT2D eigenvalue weighted by molar-refractivity contribution is -0.130. The molecule has 1 fully saturated rings. The van der Waals surface area contributed by atoms with Gasteiger partial charge in [0.2, 0.25) is 5.91 Å². The summed E-state index contributed by atoms with van der Waals surface area (Å²) in [7, 11) is 1.92. The molecule has 2 heterocycles. The van der Waals surface area contributed by atoms with Gasteiger partial charge in [-0.25, -0.2) is 0 Å². The number of rotatable bonds is 4. The maximum Gasteiger partial charge on any atom is 0.251 e. The number of amides is 1. The quantitative estimate of drug-likeness (QED) is 0.884. The van der Waals surface area contributed by atoms with Gasteiger partial charge in [-0.3, -0.25) is 9.59 Å². The van der Waals surface area contributed by atoms with Crippen LogP contribution in [0.5, 0.6) is 0 Å². The first kappa shape index (κ1) is 14.3. The van der Waals surface area contributed by atoms with Gasteiger partial charge < -0.3 is 14.8 Å². The molecule has 1 aromatic heterocycles. The van der Waals surface area contributed by atoms with Crippen molar-refractivity contribution < 1.29 is 4.79 Å². The maximum atomic E-state index is 12.2. The first-order chi connectivity index (χ1) is 9.10. The Morgan fingerprint density at radius 1 is 1.53 bits per heavy atom. The van der Waals surface area contributed by atoms with Crippen LogP contribution in [0.25, 0.3) is 0 Å². The van der Waals surface area contributed by atoms with E-state index in [1.54, 1.807) is 12.3 Å². The largest absolute Gasteiger partial charge is 0.341 e. The molecule has 1 N–H and O–H groups in total.